The SMILES string of the molecule is CC(Nc1ccc(F)c(F)c1)C1CCCCC1. The Bertz CT molecular complexity index is 372. The van der Waals surface area contributed by atoms with Crippen LogP contribution in [0, 0.1) is 17.6 Å². The molecule has 0 aromatic heterocycles. The van der Waals surface area contributed by atoms with Gasteiger partial charge in [0.2, 0.25) is 0 Å². The predicted octanol–water partition coefficient (Wildman–Crippen LogP) is 4.35. The fraction of sp³-hybridized carbons (Fsp3) is 0.571. The van der Waals surface area contributed by atoms with Gasteiger partial charge in [0.25, 0.3) is 0 Å². The number of hydrogen-bond donors (Lipinski definition) is 1. The Labute approximate surface area is 101 Å². The summed E-state index contributed by atoms with van der Waals surface area (Å²) < 4.78 is 25.8. The first kappa shape index (κ1) is 12.3. The van der Waals surface area contributed by atoms with Crippen molar-refractivity contribution in [1.82, 2.24) is 0 Å². The normalized spacial score (nSPS) is 19.0. The van der Waals surface area contributed by atoms with Gasteiger partial charge in [-0.05, 0) is 37.8 Å². The smallest absolute Gasteiger partial charge is 0.160 e. The summed E-state index contributed by atoms with van der Waals surface area (Å²) in [6.07, 6.45) is 6.37. The second-order valence-corrected chi connectivity index (χ2v) is 4.96. The zero-order valence-electron chi connectivity index (χ0n) is 10.2. The van der Waals surface area contributed by atoms with Crippen LogP contribution in [0.3, 0.4) is 0 Å². The largest absolute Gasteiger partial charge is 0.382 e. The van der Waals surface area contributed by atoms with E-state index in [4.69, 9.17) is 0 Å². The summed E-state index contributed by atoms with van der Waals surface area (Å²) in [4.78, 5) is 0. The third-order valence-electron chi connectivity index (χ3n) is 3.67. The van der Waals surface area contributed by atoms with Crippen LogP contribution in [0.1, 0.15) is 39.0 Å². The Kier molecular flexibility index (Phi) is 3.97. The molecule has 0 aliphatic heterocycles. The number of rotatable bonds is 3. The molecule has 1 unspecified atom stereocenters. The number of anilines is 1. The van der Waals surface area contributed by atoms with Gasteiger partial charge in [-0.3, -0.25) is 0 Å². The lowest BCUT2D eigenvalue weighted by Gasteiger charge is -2.29. The average molecular weight is 239 g/mol. The number of halogens is 2. The van der Waals surface area contributed by atoms with Gasteiger partial charge < -0.3 is 5.32 Å². The summed E-state index contributed by atoms with van der Waals surface area (Å²) in [6, 6.07) is 4.32. The van der Waals surface area contributed by atoms with Crippen LogP contribution in [0.4, 0.5) is 14.5 Å². The summed E-state index contributed by atoms with van der Waals surface area (Å²) in [7, 11) is 0. The summed E-state index contributed by atoms with van der Waals surface area (Å²) in [5.74, 6) is -0.927. The van der Waals surface area contributed by atoms with Crippen LogP contribution in [0.2, 0.25) is 0 Å². The van der Waals surface area contributed by atoms with Gasteiger partial charge in [0.15, 0.2) is 11.6 Å². The van der Waals surface area contributed by atoms with Crippen molar-refractivity contribution in [3.63, 3.8) is 0 Å². The monoisotopic (exact) mass is 239 g/mol. The van der Waals surface area contributed by atoms with E-state index in [0.29, 0.717) is 17.6 Å². The summed E-state index contributed by atoms with van der Waals surface area (Å²) in [5.41, 5.74) is 0.668. The van der Waals surface area contributed by atoms with Crippen LogP contribution < -0.4 is 5.32 Å². The molecular weight excluding hydrogens is 220 g/mol. The maximum absolute atomic E-state index is 13.1. The maximum atomic E-state index is 13.1. The second-order valence-electron chi connectivity index (χ2n) is 4.96. The fourth-order valence-electron chi connectivity index (χ4n) is 2.60. The highest BCUT2D eigenvalue weighted by Crippen LogP contribution is 2.28. The molecule has 1 aliphatic carbocycles. The molecule has 94 valence electrons. The van der Waals surface area contributed by atoms with Crippen LogP contribution in [0.15, 0.2) is 18.2 Å². The lowest BCUT2D eigenvalue weighted by Crippen LogP contribution is -2.27. The van der Waals surface area contributed by atoms with Crippen LogP contribution in [0.25, 0.3) is 0 Å². The van der Waals surface area contributed by atoms with Gasteiger partial charge in [0.05, 0.1) is 0 Å². The first-order valence-corrected chi connectivity index (χ1v) is 6.38. The van der Waals surface area contributed by atoms with Crippen molar-refractivity contribution < 1.29 is 8.78 Å². The molecule has 1 saturated carbocycles. The van der Waals surface area contributed by atoms with E-state index in [1.165, 1.54) is 44.2 Å². The number of benzene rings is 1. The predicted molar refractivity (Wildman–Crippen MR) is 66.0 cm³/mol. The van der Waals surface area contributed by atoms with E-state index in [1.54, 1.807) is 6.07 Å². The van der Waals surface area contributed by atoms with Crippen LogP contribution in [-0.2, 0) is 0 Å². The third kappa shape index (κ3) is 3.18. The third-order valence-corrected chi connectivity index (χ3v) is 3.67. The van der Waals surface area contributed by atoms with Gasteiger partial charge in [-0.15, -0.1) is 0 Å². The molecule has 1 aliphatic rings. The topological polar surface area (TPSA) is 12.0 Å². The Hall–Kier alpha value is -1.12. The molecule has 0 spiro atoms. The highest BCUT2D eigenvalue weighted by Gasteiger charge is 2.19. The van der Waals surface area contributed by atoms with Gasteiger partial charge in [0, 0.05) is 17.8 Å². The second kappa shape index (κ2) is 5.48. The minimum absolute atomic E-state index is 0.320. The molecule has 0 heterocycles. The molecule has 17 heavy (non-hydrogen) atoms. The Morgan fingerprint density at radius 2 is 1.82 bits per heavy atom. The minimum Gasteiger partial charge on any atom is -0.382 e. The van der Waals surface area contributed by atoms with E-state index >= 15 is 0 Å². The molecule has 0 radical (unpaired) electrons. The lowest BCUT2D eigenvalue weighted by molar-refractivity contribution is 0.328. The van der Waals surface area contributed by atoms with E-state index in [0.717, 1.165) is 0 Å². The first-order chi connectivity index (χ1) is 8.16. The van der Waals surface area contributed by atoms with Gasteiger partial charge >= 0.3 is 0 Å². The van der Waals surface area contributed by atoms with Gasteiger partial charge in [0.1, 0.15) is 0 Å². The Morgan fingerprint density at radius 3 is 2.47 bits per heavy atom. The minimum atomic E-state index is -0.791. The zero-order chi connectivity index (χ0) is 12.3. The van der Waals surface area contributed by atoms with Crippen LogP contribution in [-0.4, -0.2) is 6.04 Å². The van der Waals surface area contributed by atoms with Crippen LogP contribution in [0.5, 0.6) is 0 Å². The summed E-state index contributed by atoms with van der Waals surface area (Å²) >= 11 is 0. The summed E-state index contributed by atoms with van der Waals surface area (Å²) in [6.45, 7) is 2.12. The molecule has 1 aromatic carbocycles. The fourth-order valence-corrected chi connectivity index (χ4v) is 2.60. The molecular formula is C14H19F2N. The van der Waals surface area contributed by atoms with E-state index in [9.17, 15) is 8.78 Å². The maximum Gasteiger partial charge on any atom is 0.160 e. The first-order valence-electron chi connectivity index (χ1n) is 6.38. The van der Waals surface area contributed by atoms with Crippen molar-refractivity contribution in [2.24, 2.45) is 5.92 Å². The number of hydrogen-bond acceptors (Lipinski definition) is 1. The Morgan fingerprint density at radius 1 is 1.12 bits per heavy atom. The molecule has 1 N–H and O–H groups in total. The van der Waals surface area contributed by atoms with Crippen molar-refractivity contribution in [1.29, 1.82) is 0 Å². The van der Waals surface area contributed by atoms with Crippen molar-refractivity contribution >= 4 is 5.69 Å². The van der Waals surface area contributed by atoms with Crippen LogP contribution >= 0.6 is 0 Å². The standard InChI is InChI=1S/C14H19F2N/c1-10(11-5-3-2-4-6-11)17-12-7-8-13(15)14(16)9-12/h7-11,17H,2-6H2,1H3. The van der Waals surface area contributed by atoms with Gasteiger partial charge in [-0.25, -0.2) is 8.78 Å². The highest BCUT2D eigenvalue weighted by atomic mass is 19.2. The quantitative estimate of drug-likeness (QED) is 0.827. The van der Waals surface area contributed by atoms with E-state index in [1.807, 2.05) is 0 Å². The molecule has 1 atom stereocenters. The Balaban J connectivity index is 1.96. The van der Waals surface area contributed by atoms with E-state index in [-0.39, 0.29) is 0 Å². The number of nitrogens with one attached hydrogen (secondary N) is 1. The van der Waals surface area contributed by atoms with Crippen molar-refractivity contribution in [2.75, 3.05) is 5.32 Å². The molecule has 3 heteroatoms. The van der Waals surface area contributed by atoms with Crippen molar-refractivity contribution in [2.45, 2.75) is 45.1 Å². The summed E-state index contributed by atoms with van der Waals surface area (Å²) in [5, 5.41) is 3.27. The van der Waals surface area contributed by atoms with Gasteiger partial charge in [-0.2, -0.15) is 0 Å². The zero-order valence-corrected chi connectivity index (χ0v) is 10.2. The lowest BCUT2D eigenvalue weighted by atomic mass is 9.84. The molecule has 1 aromatic rings. The molecule has 2 rings (SSSR count). The molecule has 1 fully saturated rings. The van der Waals surface area contributed by atoms with Gasteiger partial charge in [-0.1, -0.05) is 19.3 Å². The highest BCUT2D eigenvalue weighted by molar-refractivity contribution is 5.44. The molecule has 1 nitrogen and oxygen atoms in total. The average Bonchev–Trinajstić information content (AvgIpc) is 2.35. The van der Waals surface area contributed by atoms with E-state index in [2.05, 4.69) is 12.2 Å². The molecule has 0 amide bonds. The molecule has 0 bridgehead atoms. The van der Waals surface area contributed by atoms with E-state index < -0.39 is 11.6 Å². The molecule has 0 saturated heterocycles. The van der Waals surface area contributed by atoms with Crippen molar-refractivity contribution in [3.05, 3.63) is 29.8 Å². The van der Waals surface area contributed by atoms with Crippen molar-refractivity contribution in [3.8, 4) is 0 Å².